The molecule has 1 aromatic heterocycles. The fourth-order valence-corrected chi connectivity index (χ4v) is 4.19. The fraction of sp³-hybridized carbons (Fsp3) is 0.150. The van der Waals surface area contributed by atoms with Crippen molar-refractivity contribution in [1.82, 2.24) is 4.98 Å². The smallest absolute Gasteiger partial charge is 0.316 e. The first-order valence-electron chi connectivity index (χ1n) is 8.37. The number of nitrogens with zero attached hydrogens (tertiary/aromatic N) is 1. The van der Waals surface area contributed by atoms with Crippen molar-refractivity contribution >= 4 is 57.0 Å². The second-order valence-electron chi connectivity index (χ2n) is 5.49. The van der Waals surface area contributed by atoms with Crippen molar-refractivity contribution in [1.29, 1.82) is 0 Å². The number of hydrogen-bond acceptors (Lipinski definition) is 6. The zero-order chi connectivity index (χ0) is 19.1. The molecular weight excluding hydrogens is 380 g/mol. The number of ether oxygens (including phenoxy) is 1. The van der Waals surface area contributed by atoms with E-state index in [1.54, 1.807) is 13.0 Å². The van der Waals surface area contributed by atoms with E-state index in [0.717, 1.165) is 20.1 Å². The Morgan fingerprint density at radius 3 is 2.81 bits per heavy atom. The number of esters is 1. The number of nitrogens with one attached hydrogen (secondary N) is 1. The molecule has 7 heteroatoms. The summed E-state index contributed by atoms with van der Waals surface area (Å²) in [6.45, 7) is 2.16. The van der Waals surface area contributed by atoms with Gasteiger partial charge in [0.25, 0.3) is 0 Å². The van der Waals surface area contributed by atoms with Crippen LogP contribution in [0.4, 0.5) is 5.69 Å². The molecule has 0 fully saturated rings. The van der Waals surface area contributed by atoms with E-state index in [1.165, 1.54) is 29.2 Å². The number of thioether (sulfide) groups is 1. The van der Waals surface area contributed by atoms with Gasteiger partial charge in [0, 0.05) is 11.8 Å². The molecule has 0 aliphatic carbocycles. The van der Waals surface area contributed by atoms with Crippen molar-refractivity contribution in [2.24, 2.45) is 0 Å². The minimum atomic E-state index is -0.250. The van der Waals surface area contributed by atoms with Crippen molar-refractivity contribution in [2.75, 3.05) is 17.7 Å². The Bertz CT molecular complexity index is 968. The number of anilines is 1. The molecule has 138 valence electrons. The molecule has 1 heterocycles. The van der Waals surface area contributed by atoms with Crippen LogP contribution in [0.3, 0.4) is 0 Å². The van der Waals surface area contributed by atoms with Crippen LogP contribution in [0.15, 0.2) is 58.9 Å². The number of amides is 1. The Balaban J connectivity index is 1.63. The van der Waals surface area contributed by atoms with Crippen LogP contribution in [0.25, 0.3) is 16.3 Å². The molecule has 0 saturated carbocycles. The zero-order valence-electron chi connectivity index (χ0n) is 14.7. The summed E-state index contributed by atoms with van der Waals surface area (Å²) in [7, 11) is 0. The van der Waals surface area contributed by atoms with E-state index < -0.39 is 0 Å². The van der Waals surface area contributed by atoms with Gasteiger partial charge in [0.1, 0.15) is 0 Å². The van der Waals surface area contributed by atoms with Crippen LogP contribution >= 0.6 is 23.1 Å². The van der Waals surface area contributed by atoms with Crippen LogP contribution < -0.4 is 5.32 Å². The molecule has 0 bridgehead atoms. The topological polar surface area (TPSA) is 68.3 Å². The first kappa shape index (κ1) is 19.1. The third-order valence-corrected chi connectivity index (χ3v) is 5.62. The minimum Gasteiger partial charge on any atom is -0.465 e. The van der Waals surface area contributed by atoms with Gasteiger partial charge in [-0.3, -0.25) is 9.59 Å². The zero-order valence-corrected chi connectivity index (χ0v) is 16.3. The summed E-state index contributed by atoms with van der Waals surface area (Å²) in [6.07, 6.45) is 3.28. The van der Waals surface area contributed by atoms with E-state index in [4.69, 9.17) is 4.74 Å². The van der Waals surface area contributed by atoms with Gasteiger partial charge in [-0.1, -0.05) is 42.1 Å². The largest absolute Gasteiger partial charge is 0.465 e. The molecule has 0 atom stereocenters. The van der Waals surface area contributed by atoms with Crippen LogP contribution in [0.2, 0.25) is 0 Å². The van der Waals surface area contributed by atoms with Crippen molar-refractivity contribution < 1.29 is 14.3 Å². The Morgan fingerprint density at radius 1 is 1.22 bits per heavy atom. The predicted octanol–water partition coefficient (Wildman–Crippen LogP) is 4.60. The molecule has 2 aromatic carbocycles. The maximum Gasteiger partial charge on any atom is 0.316 e. The number of carbonyl (C=O) groups is 2. The number of thiazole rings is 1. The average molecular weight is 399 g/mol. The monoisotopic (exact) mass is 398 g/mol. The molecule has 27 heavy (non-hydrogen) atoms. The van der Waals surface area contributed by atoms with E-state index >= 15 is 0 Å². The predicted molar refractivity (Wildman–Crippen MR) is 111 cm³/mol. The third kappa shape index (κ3) is 5.67. The number of aromatic nitrogens is 1. The lowest BCUT2D eigenvalue weighted by atomic mass is 10.2. The summed E-state index contributed by atoms with van der Waals surface area (Å²) in [5.41, 5.74) is 2.51. The molecule has 1 N–H and O–H groups in total. The Hall–Kier alpha value is -2.64. The lowest BCUT2D eigenvalue weighted by Gasteiger charge is -2.01. The molecule has 3 aromatic rings. The van der Waals surface area contributed by atoms with Crippen LogP contribution in [0, 0.1) is 0 Å². The summed E-state index contributed by atoms with van der Waals surface area (Å²) in [4.78, 5) is 28.0. The standard InChI is InChI=1S/C20H18N2O3S2/c1-2-25-19(24)13-26-20-22-16-10-9-15(12-17(16)27-20)21-18(23)11-8-14-6-4-3-5-7-14/h3-12H,2,13H2,1H3,(H,21,23)/b11-8+. The molecule has 0 aliphatic rings. The molecule has 3 rings (SSSR count). The van der Waals surface area contributed by atoms with Gasteiger partial charge >= 0.3 is 5.97 Å². The molecule has 0 spiro atoms. The van der Waals surface area contributed by atoms with Crippen molar-refractivity contribution in [3.05, 3.63) is 60.2 Å². The summed E-state index contributed by atoms with van der Waals surface area (Å²) in [5, 5.41) is 2.85. The number of fused-ring (bicyclic) bond motifs is 1. The number of hydrogen-bond donors (Lipinski definition) is 1. The highest BCUT2D eigenvalue weighted by Crippen LogP contribution is 2.31. The minimum absolute atomic E-state index is 0.195. The first-order chi connectivity index (χ1) is 13.1. The first-order valence-corrected chi connectivity index (χ1v) is 10.2. The lowest BCUT2D eigenvalue weighted by molar-refractivity contribution is -0.139. The quantitative estimate of drug-likeness (QED) is 0.358. The van der Waals surface area contributed by atoms with Crippen LogP contribution in [0.1, 0.15) is 12.5 Å². The van der Waals surface area contributed by atoms with E-state index in [0.29, 0.717) is 12.3 Å². The number of carbonyl (C=O) groups excluding carboxylic acids is 2. The second-order valence-corrected chi connectivity index (χ2v) is 7.74. The maximum atomic E-state index is 12.1. The molecular formula is C20H18N2O3S2. The second kappa shape index (κ2) is 9.34. The lowest BCUT2D eigenvalue weighted by Crippen LogP contribution is -2.07. The van der Waals surface area contributed by atoms with Gasteiger partial charge in [-0.25, -0.2) is 4.98 Å². The van der Waals surface area contributed by atoms with Gasteiger partial charge in [0.15, 0.2) is 4.34 Å². The molecule has 0 saturated heterocycles. The third-order valence-electron chi connectivity index (χ3n) is 3.48. The summed E-state index contributed by atoms with van der Waals surface area (Å²) in [6, 6.07) is 15.2. The molecule has 5 nitrogen and oxygen atoms in total. The molecule has 0 aliphatic heterocycles. The average Bonchev–Trinajstić information content (AvgIpc) is 3.08. The van der Waals surface area contributed by atoms with E-state index in [2.05, 4.69) is 10.3 Å². The van der Waals surface area contributed by atoms with Gasteiger partial charge in [0.2, 0.25) is 5.91 Å². The van der Waals surface area contributed by atoms with E-state index in [9.17, 15) is 9.59 Å². The van der Waals surface area contributed by atoms with Crippen molar-refractivity contribution in [2.45, 2.75) is 11.3 Å². The molecule has 0 unspecified atom stereocenters. The Labute approximate surface area is 165 Å². The van der Waals surface area contributed by atoms with Crippen LogP contribution in [-0.4, -0.2) is 29.2 Å². The number of benzene rings is 2. The van der Waals surface area contributed by atoms with Crippen molar-refractivity contribution in [3.63, 3.8) is 0 Å². The van der Waals surface area contributed by atoms with Gasteiger partial charge in [-0.15, -0.1) is 11.3 Å². The van der Waals surface area contributed by atoms with Gasteiger partial charge in [-0.2, -0.15) is 0 Å². The Morgan fingerprint density at radius 2 is 2.04 bits per heavy atom. The summed E-state index contributed by atoms with van der Waals surface area (Å²) >= 11 is 2.84. The van der Waals surface area contributed by atoms with Crippen LogP contribution in [0.5, 0.6) is 0 Å². The van der Waals surface area contributed by atoms with Crippen molar-refractivity contribution in [3.8, 4) is 0 Å². The maximum absolute atomic E-state index is 12.1. The van der Waals surface area contributed by atoms with Gasteiger partial charge < -0.3 is 10.1 Å². The highest BCUT2D eigenvalue weighted by atomic mass is 32.2. The SMILES string of the molecule is CCOC(=O)CSc1nc2ccc(NC(=O)/C=C/c3ccccc3)cc2s1. The summed E-state index contributed by atoms with van der Waals surface area (Å²) in [5.74, 6) is -0.207. The van der Waals surface area contributed by atoms with E-state index in [1.807, 2.05) is 48.5 Å². The summed E-state index contributed by atoms with van der Waals surface area (Å²) < 4.78 is 6.67. The number of rotatable bonds is 7. The van der Waals surface area contributed by atoms with Gasteiger partial charge in [0.05, 0.1) is 22.6 Å². The highest BCUT2D eigenvalue weighted by molar-refractivity contribution is 8.01. The molecule has 1 amide bonds. The molecule has 0 radical (unpaired) electrons. The fourth-order valence-electron chi connectivity index (χ4n) is 2.29. The van der Waals surface area contributed by atoms with Gasteiger partial charge in [-0.05, 0) is 36.8 Å². The van der Waals surface area contributed by atoms with Crippen LogP contribution in [-0.2, 0) is 14.3 Å². The normalized spacial score (nSPS) is 11.0. The highest BCUT2D eigenvalue weighted by Gasteiger charge is 2.09. The van der Waals surface area contributed by atoms with E-state index in [-0.39, 0.29) is 17.6 Å². The Kier molecular flexibility index (Phi) is 6.62.